The van der Waals surface area contributed by atoms with Gasteiger partial charge in [0.05, 0.1) is 18.2 Å². The van der Waals surface area contributed by atoms with Gasteiger partial charge in [0.2, 0.25) is 0 Å². The lowest BCUT2D eigenvalue weighted by Gasteiger charge is -1.98. The summed E-state index contributed by atoms with van der Waals surface area (Å²) in [7, 11) is 0. The zero-order chi connectivity index (χ0) is 8.81. The van der Waals surface area contributed by atoms with Crippen molar-refractivity contribution in [1.82, 2.24) is 9.55 Å². The average Bonchev–Trinajstić information content (AvgIpc) is 2.52. The molecule has 0 atom stereocenters. The van der Waals surface area contributed by atoms with Crippen LogP contribution in [0.25, 0.3) is 6.08 Å². The van der Waals surface area contributed by atoms with Gasteiger partial charge in [-0.15, -0.1) is 0 Å². The van der Waals surface area contributed by atoms with Crippen LogP contribution < -0.4 is 5.73 Å². The summed E-state index contributed by atoms with van der Waals surface area (Å²) < 4.78 is 2.09. The Morgan fingerprint density at radius 2 is 2.50 bits per heavy atom. The number of aryl methyl sites for hydroxylation is 1. The lowest BCUT2D eigenvalue weighted by Crippen LogP contribution is -1.96. The smallest absolute Gasteiger partial charge is 0.0950 e. The summed E-state index contributed by atoms with van der Waals surface area (Å²) >= 11 is 0. The first-order valence-electron chi connectivity index (χ1n) is 4.25. The van der Waals surface area contributed by atoms with Crippen molar-refractivity contribution in [3.05, 3.63) is 24.3 Å². The zero-order valence-electron chi connectivity index (χ0n) is 7.40. The van der Waals surface area contributed by atoms with Crippen LogP contribution in [0.15, 0.2) is 18.6 Å². The molecular formula is C9H15N3. The van der Waals surface area contributed by atoms with Gasteiger partial charge >= 0.3 is 0 Å². The van der Waals surface area contributed by atoms with Gasteiger partial charge in [-0.3, -0.25) is 0 Å². The van der Waals surface area contributed by atoms with Gasteiger partial charge in [0, 0.05) is 6.54 Å². The molecule has 1 rings (SSSR count). The average molecular weight is 165 g/mol. The van der Waals surface area contributed by atoms with E-state index < -0.39 is 0 Å². The van der Waals surface area contributed by atoms with Crippen molar-refractivity contribution in [2.24, 2.45) is 5.73 Å². The fourth-order valence-electron chi connectivity index (χ4n) is 1.03. The van der Waals surface area contributed by atoms with E-state index in [-0.39, 0.29) is 0 Å². The summed E-state index contributed by atoms with van der Waals surface area (Å²) in [5, 5.41) is 0. The van der Waals surface area contributed by atoms with Crippen molar-refractivity contribution in [2.45, 2.75) is 19.9 Å². The van der Waals surface area contributed by atoms with E-state index in [1.807, 2.05) is 12.5 Å². The fourth-order valence-corrected chi connectivity index (χ4v) is 1.03. The summed E-state index contributed by atoms with van der Waals surface area (Å²) in [6.07, 6.45) is 8.75. The van der Waals surface area contributed by atoms with Crippen LogP contribution >= 0.6 is 0 Å². The molecule has 2 N–H and O–H groups in total. The molecule has 0 bridgehead atoms. The summed E-state index contributed by atoms with van der Waals surface area (Å²) in [5.74, 6) is 0. The monoisotopic (exact) mass is 165 g/mol. The van der Waals surface area contributed by atoms with Crippen molar-refractivity contribution in [2.75, 3.05) is 6.54 Å². The molecule has 0 radical (unpaired) electrons. The molecule has 1 aromatic heterocycles. The van der Waals surface area contributed by atoms with Gasteiger partial charge in [-0.25, -0.2) is 4.98 Å². The number of hydrogen-bond donors (Lipinski definition) is 1. The molecule has 3 nitrogen and oxygen atoms in total. The molecule has 0 spiro atoms. The number of nitrogens with zero attached hydrogens (tertiary/aromatic N) is 2. The molecule has 0 saturated heterocycles. The molecule has 0 aliphatic rings. The van der Waals surface area contributed by atoms with Crippen molar-refractivity contribution < 1.29 is 0 Å². The Morgan fingerprint density at radius 1 is 1.67 bits per heavy atom. The van der Waals surface area contributed by atoms with Gasteiger partial charge in [-0.1, -0.05) is 6.08 Å². The molecule has 0 unspecified atom stereocenters. The minimum Gasteiger partial charge on any atom is -0.331 e. The number of rotatable bonds is 4. The lowest BCUT2D eigenvalue weighted by atomic mass is 10.3. The third-order valence-corrected chi connectivity index (χ3v) is 1.71. The third kappa shape index (κ3) is 2.20. The van der Waals surface area contributed by atoms with E-state index in [0.717, 1.165) is 18.7 Å². The Balaban J connectivity index is 2.61. The van der Waals surface area contributed by atoms with E-state index in [9.17, 15) is 0 Å². The van der Waals surface area contributed by atoms with Crippen LogP contribution in [-0.4, -0.2) is 16.1 Å². The van der Waals surface area contributed by atoms with Gasteiger partial charge < -0.3 is 10.3 Å². The molecule has 12 heavy (non-hydrogen) atoms. The minimum absolute atomic E-state index is 0.705. The first-order chi connectivity index (χ1) is 5.88. The lowest BCUT2D eigenvalue weighted by molar-refractivity contribution is 0.754. The summed E-state index contributed by atoms with van der Waals surface area (Å²) in [5.41, 5.74) is 6.51. The zero-order valence-corrected chi connectivity index (χ0v) is 7.40. The predicted molar refractivity (Wildman–Crippen MR) is 50.6 cm³/mol. The molecule has 1 aromatic rings. The predicted octanol–water partition coefficient (Wildman–Crippen LogP) is 1.26. The highest BCUT2D eigenvalue weighted by atomic mass is 15.0. The third-order valence-electron chi connectivity index (χ3n) is 1.71. The Bertz CT molecular complexity index is 250. The van der Waals surface area contributed by atoms with Crippen LogP contribution in [0.5, 0.6) is 0 Å². The highest BCUT2D eigenvalue weighted by molar-refractivity contribution is 5.43. The summed E-state index contributed by atoms with van der Waals surface area (Å²) in [4.78, 5) is 4.05. The highest BCUT2D eigenvalue weighted by Crippen LogP contribution is 2.01. The Hall–Kier alpha value is -1.09. The Morgan fingerprint density at radius 3 is 3.17 bits per heavy atom. The highest BCUT2D eigenvalue weighted by Gasteiger charge is 1.93. The number of imidazole rings is 1. The van der Waals surface area contributed by atoms with Crippen molar-refractivity contribution in [1.29, 1.82) is 0 Å². The van der Waals surface area contributed by atoms with Crippen LogP contribution in [0.2, 0.25) is 0 Å². The van der Waals surface area contributed by atoms with E-state index >= 15 is 0 Å². The standard InChI is InChI=1S/C9H15N3/c1-2-12-8-11-7-9(12)5-3-4-6-10/h3,5,7-8H,2,4,6,10H2,1H3. The van der Waals surface area contributed by atoms with E-state index in [2.05, 4.69) is 28.6 Å². The van der Waals surface area contributed by atoms with E-state index in [0.29, 0.717) is 6.54 Å². The van der Waals surface area contributed by atoms with Gasteiger partial charge in [0.1, 0.15) is 0 Å². The molecule has 1 heterocycles. The maximum Gasteiger partial charge on any atom is 0.0950 e. The quantitative estimate of drug-likeness (QED) is 0.730. The van der Waals surface area contributed by atoms with Crippen LogP contribution in [0.1, 0.15) is 19.0 Å². The van der Waals surface area contributed by atoms with Crippen LogP contribution in [0.3, 0.4) is 0 Å². The molecule has 0 aromatic carbocycles. The largest absolute Gasteiger partial charge is 0.331 e. The molecule has 0 aliphatic carbocycles. The molecule has 66 valence electrons. The number of hydrogen-bond acceptors (Lipinski definition) is 2. The summed E-state index contributed by atoms with van der Waals surface area (Å²) in [6, 6.07) is 0. The molecule has 0 aliphatic heterocycles. The van der Waals surface area contributed by atoms with E-state index in [1.165, 1.54) is 0 Å². The molecular weight excluding hydrogens is 150 g/mol. The normalized spacial score (nSPS) is 11.2. The molecule has 0 saturated carbocycles. The summed E-state index contributed by atoms with van der Waals surface area (Å²) in [6.45, 7) is 3.76. The van der Waals surface area contributed by atoms with Gasteiger partial charge in [-0.2, -0.15) is 0 Å². The maximum absolute atomic E-state index is 5.36. The second kappa shape index (κ2) is 4.72. The van der Waals surface area contributed by atoms with Crippen molar-refractivity contribution in [3.63, 3.8) is 0 Å². The van der Waals surface area contributed by atoms with Crippen LogP contribution in [-0.2, 0) is 6.54 Å². The van der Waals surface area contributed by atoms with Crippen LogP contribution in [0, 0.1) is 0 Å². The van der Waals surface area contributed by atoms with E-state index in [1.54, 1.807) is 0 Å². The van der Waals surface area contributed by atoms with E-state index in [4.69, 9.17) is 5.73 Å². The Labute approximate surface area is 72.9 Å². The Kier molecular flexibility index (Phi) is 3.54. The molecule has 0 amide bonds. The molecule has 0 fully saturated rings. The van der Waals surface area contributed by atoms with Crippen molar-refractivity contribution >= 4 is 6.08 Å². The second-order valence-corrected chi connectivity index (χ2v) is 2.58. The SMILES string of the molecule is CCn1cncc1C=CCCN. The first kappa shape index (κ1) is 9.00. The topological polar surface area (TPSA) is 43.8 Å². The van der Waals surface area contributed by atoms with Crippen molar-refractivity contribution in [3.8, 4) is 0 Å². The first-order valence-corrected chi connectivity index (χ1v) is 4.25. The van der Waals surface area contributed by atoms with Crippen LogP contribution in [0.4, 0.5) is 0 Å². The fraction of sp³-hybridized carbons (Fsp3) is 0.444. The van der Waals surface area contributed by atoms with Gasteiger partial charge in [0.25, 0.3) is 0 Å². The maximum atomic E-state index is 5.36. The minimum atomic E-state index is 0.705. The number of aromatic nitrogens is 2. The molecule has 3 heteroatoms. The second-order valence-electron chi connectivity index (χ2n) is 2.58. The van der Waals surface area contributed by atoms with Gasteiger partial charge in [-0.05, 0) is 26.0 Å². The number of nitrogens with two attached hydrogens (primary N) is 1. The van der Waals surface area contributed by atoms with Gasteiger partial charge in [0.15, 0.2) is 0 Å².